The Morgan fingerprint density at radius 1 is 1.50 bits per heavy atom. The summed E-state index contributed by atoms with van der Waals surface area (Å²) in [6, 6.07) is 0.527. The Hall–Kier alpha value is -0.870. The van der Waals surface area contributed by atoms with Crippen molar-refractivity contribution in [1.29, 1.82) is 0 Å². The van der Waals surface area contributed by atoms with Gasteiger partial charge in [0.1, 0.15) is 6.10 Å². The van der Waals surface area contributed by atoms with E-state index in [4.69, 9.17) is 4.74 Å². The van der Waals surface area contributed by atoms with E-state index in [1.54, 1.807) is 13.0 Å². The number of hydrogen-bond donors (Lipinski definition) is 2. The average Bonchev–Trinajstić information content (AvgIpc) is 2.63. The molecule has 0 unspecified atom stereocenters. The van der Waals surface area contributed by atoms with Crippen molar-refractivity contribution in [2.45, 2.75) is 64.3 Å². The minimum Gasteiger partial charge on any atom is -0.459 e. The number of aliphatic hydroxyl groups excluding tert-OH is 1. The smallest absolute Gasteiger partial charge is 0.333 e. The van der Waals surface area contributed by atoms with E-state index in [0.29, 0.717) is 11.6 Å². The van der Waals surface area contributed by atoms with Gasteiger partial charge in [0, 0.05) is 23.6 Å². The van der Waals surface area contributed by atoms with E-state index in [9.17, 15) is 9.90 Å². The number of nitrogens with one attached hydrogen (secondary N) is 1. The first-order valence-electron chi connectivity index (χ1n) is 6.81. The summed E-state index contributed by atoms with van der Waals surface area (Å²) in [6.45, 7) is 5.52. The van der Waals surface area contributed by atoms with Crippen LogP contribution in [-0.4, -0.2) is 35.4 Å². The Bertz CT molecular complexity index is 353. The quantitative estimate of drug-likeness (QED) is 0.589. The van der Waals surface area contributed by atoms with Crippen LogP contribution in [-0.2, 0) is 9.53 Å². The molecular formula is C14H23NO3. The van der Waals surface area contributed by atoms with Gasteiger partial charge in [0.15, 0.2) is 0 Å². The molecule has 0 amide bonds. The highest BCUT2D eigenvalue weighted by Crippen LogP contribution is 2.34. The first-order chi connectivity index (χ1) is 8.52. The predicted molar refractivity (Wildman–Crippen MR) is 69.0 cm³/mol. The molecule has 0 spiro atoms. The van der Waals surface area contributed by atoms with Gasteiger partial charge in [-0.2, -0.15) is 0 Å². The van der Waals surface area contributed by atoms with E-state index in [-0.39, 0.29) is 30.1 Å². The summed E-state index contributed by atoms with van der Waals surface area (Å²) in [7, 11) is 0. The van der Waals surface area contributed by atoms with Gasteiger partial charge in [0.05, 0.1) is 6.10 Å². The number of fused-ring (bicyclic) bond motifs is 2. The maximum absolute atomic E-state index is 11.7. The van der Waals surface area contributed by atoms with Crippen LogP contribution < -0.4 is 5.32 Å². The van der Waals surface area contributed by atoms with Gasteiger partial charge in [-0.25, -0.2) is 4.79 Å². The van der Waals surface area contributed by atoms with Crippen LogP contribution in [0.25, 0.3) is 0 Å². The van der Waals surface area contributed by atoms with Crippen molar-refractivity contribution in [3.8, 4) is 0 Å². The minimum absolute atomic E-state index is 0.0810. The summed E-state index contributed by atoms with van der Waals surface area (Å²) in [5.41, 5.74) is 0.635. The molecule has 0 aromatic heterocycles. The van der Waals surface area contributed by atoms with Crippen LogP contribution in [0.15, 0.2) is 11.6 Å². The molecule has 2 bridgehead atoms. The number of rotatable bonds is 3. The fourth-order valence-electron chi connectivity index (χ4n) is 3.07. The normalized spacial score (nSPS) is 37.4. The van der Waals surface area contributed by atoms with Crippen molar-refractivity contribution in [3.05, 3.63) is 11.6 Å². The largest absolute Gasteiger partial charge is 0.459 e. The first-order valence-corrected chi connectivity index (χ1v) is 6.81. The molecule has 18 heavy (non-hydrogen) atoms. The van der Waals surface area contributed by atoms with Gasteiger partial charge in [-0.15, -0.1) is 0 Å². The summed E-state index contributed by atoms with van der Waals surface area (Å²) >= 11 is 0. The summed E-state index contributed by atoms with van der Waals surface area (Å²) < 4.78 is 5.48. The molecular weight excluding hydrogens is 230 g/mol. The van der Waals surface area contributed by atoms with Gasteiger partial charge < -0.3 is 15.2 Å². The lowest BCUT2D eigenvalue weighted by molar-refractivity contribution is -0.147. The van der Waals surface area contributed by atoms with Crippen molar-refractivity contribution in [1.82, 2.24) is 5.32 Å². The molecule has 0 aromatic rings. The summed E-state index contributed by atoms with van der Waals surface area (Å²) in [6.07, 6.45) is 4.21. The maximum Gasteiger partial charge on any atom is 0.333 e. The Labute approximate surface area is 108 Å². The number of piperidine rings is 1. The highest BCUT2D eigenvalue weighted by molar-refractivity contribution is 5.87. The highest BCUT2D eigenvalue weighted by Gasteiger charge is 2.44. The molecule has 4 nitrogen and oxygen atoms in total. The fraction of sp³-hybridized carbons (Fsp3) is 0.786. The number of carbonyl (C=O) groups excluding carboxylic acids is 1. The minimum atomic E-state index is -0.300. The Morgan fingerprint density at radius 3 is 2.89 bits per heavy atom. The molecule has 102 valence electrons. The third-order valence-corrected chi connectivity index (χ3v) is 4.33. The molecule has 0 saturated carbocycles. The topological polar surface area (TPSA) is 58.6 Å². The predicted octanol–water partition coefficient (Wildman–Crippen LogP) is 1.39. The van der Waals surface area contributed by atoms with Gasteiger partial charge >= 0.3 is 5.97 Å². The number of esters is 1. The van der Waals surface area contributed by atoms with Gasteiger partial charge in [-0.3, -0.25) is 0 Å². The summed E-state index contributed by atoms with van der Waals surface area (Å²) in [5, 5.41) is 13.4. The number of hydrogen-bond acceptors (Lipinski definition) is 4. The lowest BCUT2D eigenvalue weighted by Crippen LogP contribution is -2.48. The van der Waals surface area contributed by atoms with E-state index in [1.807, 2.05) is 13.8 Å². The van der Waals surface area contributed by atoms with Crippen molar-refractivity contribution >= 4 is 5.97 Å². The van der Waals surface area contributed by atoms with Gasteiger partial charge in [0.2, 0.25) is 0 Å². The zero-order chi connectivity index (χ0) is 13.3. The van der Waals surface area contributed by atoms with Crippen LogP contribution in [0.4, 0.5) is 0 Å². The molecule has 2 heterocycles. The molecule has 2 aliphatic rings. The van der Waals surface area contributed by atoms with Crippen molar-refractivity contribution in [3.63, 3.8) is 0 Å². The van der Waals surface area contributed by atoms with Crippen LogP contribution in [0.3, 0.4) is 0 Å². The third-order valence-electron chi connectivity index (χ3n) is 4.33. The van der Waals surface area contributed by atoms with E-state index in [2.05, 4.69) is 5.32 Å². The van der Waals surface area contributed by atoms with Crippen LogP contribution >= 0.6 is 0 Å². The standard InChI is InChI=1S/C14H23NO3/c1-4-8(2)14(17)18-9(3)11-6-5-10-7-12(16)13(11)15-10/h4,9-13,15-16H,5-7H2,1-3H3/b8-4+/t9-,10+,11-,12+,13-/m0/s1. The monoisotopic (exact) mass is 253 g/mol. The lowest BCUT2D eigenvalue weighted by atomic mass is 9.87. The molecule has 2 N–H and O–H groups in total. The van der Waals surface area contributed by atoms with Gasteiger partial charge in [0.25, 0.3) is 0 Å². The zero-order valence-corrected chi connectivity index (χ0v) is 11.3. The third kappa shape index (κ3) is 2.59. The SMILES string of the molecule is C/C=C(\C)C(=O)O[C@@H](C)[C@@H]1CC[C@@H]2C[C@@H](O)[C@H]1N2. The molecule has 4 heteroatoms. The van der Waals surface area contributed by atoms with Crippen molar-refractivity contribution in [2.24, 2.45) is 5.92 Å². The van der Waals surface area contributed by atoms with Gasteiger partial charge in [-0.1, -0.05) is 6.08 Å². The van der Waals surface area contributed by atoms with E-state index in [1.165, 1.54) is 0 Å². The maximum atomic E-state index is 11.7. The fourth-order valence-corrected chi connectivity index (χ4v) is 3.07. The van der Waals surface area contributed by atoms with E-state index >= 15 is 0 Å². The first kappa shape index (κ1) is 13.6. The Morgan fingerprint density at radius 2 is 2.22 bits per heavy atom. The van der Waals surface area contributed by atoms with Crippen LogP contribution in [0.1, 0.15) is 40.0 Å². The molecule has 0 radical (unpaired) electrons. The van der Waals surface area contributed by atoms with Gasteiger partial charge in [-0.05, 0) is 40.0 Å². The molecule has 2 fully saturated rings. The molecule has 5 atom stereocenters. The van der Waals surface area contributed by atoms with Crippen LogP contribution in [0.5, 0.6) is 0 Å². The van der Waals surface area contributed by atoms with Crippen molar-refractivity contribution in [2.75, 3.05) is 0 Å². The number of ether oxygens (including phenoxy) is 1. The highest BCUT2D eigenvalue weighted by atomic mass is 16.5. The van der Waals surface area contributed by atoms with E-state index < -0.39 is 0 Å². The molecule has 2 rings (SSSR count). The molecule has 0 aromatic carbocycles. The number of carbonyl (C=O) groups is 1. The second-order valence-electron chi connectivity index (χ2n) is 5.52. The Balaban J connectivity index is 1.96. The van der Waals surface area contributed by atoms with Crippen LogP contribution in [0.2, 0.25) is 0 Å². The molecule has 2 saturated heterocycles. The summed E-state index contributed by atoms with van der Waals surface area (Å²) in [5.74, 6) is -0.0352. The number of allylic oxidation sites excluding steroid dienone is 1. The second kappa shape index (κ2) is 5.41. The van der Waals surface area contributed by atoms with E-state index in [0.717, 1.165) is 19.3 Å². The lowest BCUT2D eigenvalue weighted by Gasteiger charge is -2.34. The molecule has 2 aliphatic heterocycles. The molecule has 0 aliphatic carbocycles. The van der Waals surface area contributed by atoms with Crippen LogP contribution in [0, 0.1) is 5.92 Å². The number of aliphatic hydroxyl groups is 1. The average molecular weight is 253 g/mol. The van der Waals surface area contributed by atoms with Crippen molar-refractivity contribution < 1.29 is 14.6 Å². The Kier molecular flexibility index (Phi) is 4.07. The zero-order valence-electron chi connectivity index (χ0n) is 11.3. The summed E-state index contributed by atoms with van der Waals surface area (Å²) in [4.78, 5) is 11.7. The second-order valence-corrected chi connectivity index (χ2v) is 5.52.